The molecule has 3 aromatic carbocycles. The molecule has 37 heavy (non-hydrogen) atoms. The van der Waals surface area contributed by atoms with Crippen LogP contribution in [0, 0.1) is 13.8 Å². The van der Waals surface area contributed by atoms with Gasteiger partial charge in [-0.3, -0.25) is 0 Å². The second-order valence-corrected chi connectivity index (χ2v) is 9.65. The molecule has 0 aliphatic rings. The number of carbonyl (C=O) groups excluding carboxylic acids is 1. The zero-order chi connectivity index (χ0) is 26.5. The van der Waals surface area contributed by atoms with Crippen molar-refractivity contribution in [1.29, 1.82) is 0 Å². The maximum absolute atomic E-state index is 12.9. The van der Waals surface area contributed by atoms with E-state index in [0.717, 1.165) is 28.0 Å². The second-order valence-electron chi connectivity index (χ2n) is 9.65. The van der Waals surface area contributed by atoms with Crippen LogP contribution in [0.5, 0.6) is 5.75 Å². The van der Waals surface area contributed by atoms with Crippen molar-refractivity contribution in [2.24, 2.45) is 0 Å². The molecule has 4 aromatic rings. The first-order valence-electron chi connectivity index (χ1n) is 12.8. The molecular weight excluding hydrogens is 464 g/mol. The summed E-state index contributed by atoms with van der Waals surface area (Å²) in [6.07, 6.45) is -0.705. The fraction of sp³-hybridized carbons (Fsp3) is 0.323. The fourth-order valence-electron chi connectivity index (χ4n) is 4.45. The highest BCUT2D eigenvalue weighted by Crippen LogP contribution is 2.33. The van der Waals surface area contributed by atoms with Crippen molar-refractivity contribution in [3.8, 4) is 11.4 Å². The standard InChI is InChI=1S/C31H36N2O4/c1-6-36-31(35)30-22(5)33(25-13-7-21(4)8-14-25)29-16-15-27(17-28(29)30)37-19-26(34)18-32-24-11-9-23(10-12-24)20(2)3/h7-17,20,26,32,34H,6,18-19H2,1-5H3/t26-/m1/s1. The summed E-state index contributed by atoms with van der Waals surface area (Å²) in [6, 6.07) is 22.1. The second kappa shape index (κ2) is 11.5. The number of fused-ring (bicyclic) bond motifs is 1. The minimum atomic E-state index is -0.705. The van der Waals surface area contributed by atoms with Crippen LogP contribution in [0.25, 0.3) is 16.6 Å². The van der Waals surface area contributed by atoms with E-state index in [0.29, 0.717) is 30.4 Å². The third-order valence-corrected chi connectivity index (χ3v) is 6.51. The van der Waals surface area contributed by atoms with E-state index in [1.54, 1.807) is 6.92 Å². The monoisotopic (exact) mass is 500 g/mol. The minimum absolute atomic E-state index is 0.120. The van der Waals surface area contributed by atoms with Crippen LogP contribution in [0.15, 0.2) is 66.7 Å². The van der Waals surface area contributed by atoms with Gasteiger partial charge in [-0.25, -0.2) is 4.79 Å². The Morgan fingerprint density at radius 3 is 2.35 bits per heavy atom. The molecule has 194 valence electrons. The maximum Gasteiger partial charge on any atom is 0.340 e. The van der Waals surface area contributed by atoms with Crippen molar-refractivity contribution < 1.29 is 19.4 Å². The van der Waals surface area contributed by atoms with Crippen LogP contribution in [0.4, 0.5) is 5.69 Å². The molecule has 6 heteroatoms. The highest BCUT2D eigenvalue weighted by Gasteiger charge is 2.22. The van der Waals surface area contributed by atoms with Crippen molar-refractivity contribution in [2.75, 3.05) is 25.1 Å². The lowest BCUT2D eigenvalue weighted by Gasteiger charge is -2.15. The predicted octanol–water partition coefficient (Wildman–Crippen LogP) is 6.40. The minimum Gasteiger partial charge on any atom is -0.491 e. The summed E-state index contributed by atoms with van der Waals surface area (Å²) in [5.41, 5.74) is 6.59. The molecule has 0 spiro atoms. The highest BCUT2D eigenvalue weighted by molar-refractivity contribution is 6.07. The van der Waals surface area contributed by atoms with Gasteiger partial charge in [-0.2, -0.15) is 0 Å². The van der Waals surface area contributed by atoms with Crippen LogP contribution in [-0.4, -0.2) is 41.5 Å². The summed E-state index contributed by atoms with van der Waals surface area (Å²) < 4.78 is 13.4. The summed E-state index contributed by atoms with van der Waals surface area (Å²) in [5.74, 6) is 0.701. The molecule has 0 saturated heterocycles. The van der Waals surface area contributed by atoms with E-state index in [-0.39, 0.29) is 12.6 Å². The number of benzene rings is 3. The first kappa shape index (κ1) is 26.3. The van der Waals surface area contributed by atoms with Gasteiger partial charge in [-0.15, -0.1) is 0 Å². The number of aromatic nitrogens is 1. The number of hydrogen-bond acceptors (Lipinski definition) is 5. The van der Waals surface area contributed by atoms with Gasteiger partial charge in [0.05, 0.1) is 17.7 Å². The van der Waals surface area contributed by atoms with E-state index in [1.807, 2.05) is 56.3 Å². The molecule has 0 fully saturated rings. The van der Waals surface area contributed by atoms with Gasteiger partial charge in [0.2, 0.25) is 0 Å². The van der Waals surface area contributed by atoms with Gasteiger partial charge in [0, 0.05) is 29.0 Å². The first-order valence-corrected chi connectivity index (χ1v) is 12.8. The molecule has 1 heterocycles. The quantitative estimate of drug-likeness (QED) is 0.247. The van der Waals surface area contributed by atoms with Crippen LogP contribution < -0.4 is 10.1 Å². The van der Waals surface area contributed by atoms with Crippen molar-refractivity contribution in [1.82, 2.24) is 4.57 Å². The molecule has 0 amide bonds. The third-order valence-electron chi connectivity index (χ3n) is 6.51. The van der Waals surface area contributed by atoms with Crippen molar-refractivity contribution in [3.63, 3.8) is 0 Å². The van der Waals surface area contributed by atoms with Gasteiger partial charge in [-0.05, 0) is 74.7 Å². The van der Waals surface area contributed by atoms with E-state index in [1.165, 1.54) is 11.1 Å². The largest absolute Gasteiger partial charge is 0.491 e. The van der Waals surface area contributed by atoms with Gasteiger partial charge in [0.1, 0.15) is 18.5 Å². The normalized spacial score (nSPS) is 12.1. The Morgan fingerprint density at radius 1 is 1.00 bits per heavy atom. The summed E-state index contributed by atoms with van der Waals surface area (Å²) in [6.45, 7) is 10.9. The Kier molecular flexibility index (Phi) is 8.19. The summed E-state index contributed by atoms with van der Waals surface area (Å²) in [4.78, 5) is 12.9. The van der Waals surface area contributed by atoms with E-state index in [9.17, 15) is 9.90 Å². The fourth-order valence-corrected chi connectivity index (χ4v) is 4.45. The average Bonchev–Trinajstić information content (AvgIpc) is 3.18. The molecule has 0 radical (unpaired) electrons. The number of nitrogens with zero attached hydrogens (tertiary/aromatic N) is 1. The van der Waals surface area contributed by atoms with Gasteiger partial charge < -0.3 is 24.5 Å². The van der Waals surface area contributed by atoms with Gasteiger partial charge in [-0.1, -0.05) is 43.7 Å². The van der Waals surface area contributed by atoms with E-state index in [4.69, 9.17) is 9.47 Å². The number of esters is 1. The predicted molar refractivity (Wildman–Crippen MR) is 149 cm³/mol. The summed E-state index contributed by atoms with van der Waals surface area (Å²) >= 11 is 0. The molecule has 0 aliphatic carbocycles. The molecule has 0 unspecified atom stereocenters. The number of aryl methyl sites for hydroxylation is 1. The van der Waals surface area contributed by atoms with Crippen molar-refractivity contribution >= 4 is 22.6 Å². The Labute approximate surface area is 218 Å². The topological polar surface area (TPSA) is 72.7 Å². The molecule has 0 aliphatic heterocycles. The zero-order valence-corrected chi connectivity index (χ0v) is 22.2. The number of carbonyl (C=O) groups is 1. The zero-order valence-electron chi connectivity index (χ0n) is 22.2. The number of aliphatic hydroxyl groups excluding tert-OH is 1. The van der Waals surface area contributed by atoms with E-state index >= 15 is 0 Å². The summed E-state index contributed by atoms with van der Waals surface area (Å²) in [7, 11) is 0. The Bertz CT molecular complexity index is 1350. The van der Waals surface area contributed by atoms with Crippen LogP contribution in [0.1, 0.15) is 53.9 Å². The summed E-state index contributed by atoms with van der Waals surface area (Å²) in [5, 5.41) is 14.5. The number of aliphatic hydroxyl groups is 1. The SMILES string of the molecule is CCOC(=O)c1c(C)n(-c2ccc(C)cc2)c2ccc(OC[C@H](O)CNc3ccc(C(C)C)cc3)cc12. The molecule has 0 bridgehead atoms. The lowest BCUT2D eigenvalue weighted by atomic mass is 10.0. The number of nitrogens with one attached hydrogen (secondary N) is 1. The van der Waals surface area contributed by atoms with Crippen molar-refractivity contribution in [3.05, 3.63) is 89.1 Å². The van der Waals surface area contributed by atoms with Crippen LogP contribution in [0.2, 0.25) is 0 Å². The van der Waals surface area contributed by atoms with E-state index < -0.39 is 6.10 Å². The number of hydrogen-bond donors (Lipinski definition) is 2. The third kappa shape index (κ3) is 5.97. The number of anilines is 1. The van der Waals surface area contributed by atoms with Gasteiger partial charge in [0.25, 0.3) is 0 Å². The highest BCUT2D eigenvalue weighted by atomic mass is 16.5. The lowest BCUT2D eigenvalue weighted by molar-refractivity contribution is 0.0527. The Morgan fingerprint density at radius 2 is 1.70 bits per heavy atom. The molecule has 1 aromatic heterocycles. The Balaban J connectivity index is 1.52. The van der Waals surface area contributed by atoms with Crippen LogP contribution in [-0.2, 0) is 4.74 Å². The molecule has 1 atom stereocenters. The average molecular weight is 501 g/mol. The van der Waals surface area contributed by atoms with Gasteiger partial charge in [0.15, 0.2) is 0 Å². The lowest BCUT2D eigenvalue weighted by Crippen LogP contribution is -2.26. The smallest absolute Gasteiger partial charge is 0.340 e. The number of ether oxygens (including phenoxy) is 2. The molecule has 0 saturated carbocycles. The van der Waals surface area contributed by atoms with Crippen LogP contribution in [0.3, 0.4) is 0 Å². The molecule has 4 rings (SSSR count). The molecular formula is C31H36N2O4. The van der Waals surface area contributed by atoms with Crippen LogP contribution >= 0.6 is 0 Å². The maximum atomic E-state index is 12.9. The molecule has 2 N–H and O–H groups in total. The number of rotatable bonds is 10. The van der Waals surface area contributed by atoms with E-state index in [2.05, 4.69) is 48.0 Å². The first-order chi connectivity index (χ1) is 17.8. The van der Waals surface area contributed by atoms with Gasteiger partial charge >= 0.3 is 5.97 Å². The van der Waals surface area contributed by atoms with Crippen molar-refractivity contribution in [2.45, 2.75) is 46.6 Å². The molecule has 6 nitrogen and oxygen atoms in total. The Hall–Kier alpha value is -3.77.